The fraction of sp³-hybridized carbons (Fsp3) is 0.389. The topological polar surface area (TPSA) is 26.3 Å². The van der Waals surface area contributed by atoms with Gasteiger partial charge < -0.3 is 4.74 Å². The summed E-state index contributed by atoms with van der Waals surface area (Å²) in [6.45, 7) is 3.70. The van der Waals surface area contributed by atoms with E-state index in [1.54, 1.807) is 6.92 Å². The van der Waals surface area contributed by atoms with E-state index in [2.05, 4.69) is 11.8 Å². The van der Waals surface area contributed by atoms with E-state index in [9.17, 15) is 18.0 Å². The SMILES string of the molecule is CCCCC1OC(=O)C(C)=C1C#Cc1ccc(C(F)(F)F)cc1. The molecule has 1 aliphatic rings. The van der Waals surface area contributed by atoms with E-state index < -0.39 is 11.7 Å². The molecule has 23 heavy (non-hydrogen) atoms. The van der Waals surface area contributed by atoms with Gasteiger partial charge >= 0.3 is 12.1 Å². The van der Waals surface area contributed by atoms with Crippen molar-refractivity contribution >= 4 is 5.97 Å². The van der Waals surface area contributed by atoms with E-state index >= 15 is 0 Å². The van der Waals surface area contributed by atoms with Crippen molar-refractivity contribution in [3.05, 3.63) is 46.5 Å². The van der Waals surface area contributed by atoms with Crippen LogP contribution in [0.2, 0.25) is 0 Å². The molecule has 0 N–H and O–H groups in total. The van der Waals surface area contributed by atoms with Crippen molar-refractivity contribution in [3.63, 3.8) is 0 Å². The summed E-state index contributed by atoms with van der Waals surface area (Å²) >= 11 is 0. The van der Waals surface area contributed by atoms with Crippen molar-refractivity contribution in [1.29, 1.82) is 0 Å². The molecule has 0 aromatic heterocycles. The first kappa shape index (κ1) is 17.1. The second-order valence-electron chi connectivity index (χ2n) is 5.40. The number of carbonyl (C=O) groups is 1. The van der Waals surface area contributed by atoms with Crippen LogP contribution < -0.4 is 0 Å². The van der Waals surface area contributed by atoms with Crippen LogP contribution in [-0.4, -0.2) is 12.1 Å². The molecule has 2 nitrogen and oxygen atoms in total. The minimum absolute atomic E-state index is 0.343. The van der Waals surface area contributed by atoms with Gasteiger partial charge in [-0.15, -0.1) is 0 Å². The quantitative estimate of drug-likeness (QED) is 0.605. The Kier molecular flexibility index (Phi) is 5.15. The minimum Gasteiger partial charge on any atom is -0.453 e. The summed E-state index contributed by atoms with van der Waals surface area (Å²) in [6.07, 6.45) is -2.11. The number of ether oxygens (including phenoxy) is 1. The first-order valence-corrected chi connectivity index (χ1v) is 7.44. The number of halogens is 3. The van der Waals surface area contributed by atoms with Crippen molar-refractivity contribution in [2.75, 3.05) is 0 Å². The van der Waals surface area contributed by atoms with Crippen LogP contribution in [0.3, 0.4) is 0 Å². The van der Waals surface area contributed by atoms with Crippen molar-refractivity contribution in [3.8, 4) is 11.8 Å². The van der Waals surface area contributed by atoms with Gasteiger partial charge in [-0.1, -0.05) is 25.2 Å². The normalized spacial score (nSPS) is 17.8. The van der Waals surface area contributed by atoms with E-state index in [1.165, 1.54) is 12.1 Å². The van der Waals surface area contributed by atoms with Crippen LogP contribution in [-0.2, 0) is 15.7 Å². The van der Waals surface area contributed by atoms with Crippen molar-refractivity contribution in [2.45, 2.75) is 45.4 Å². The number of alkyl halides is 3. The van der Waals surface area contributed by atoms with Crippen molar-refractivity contribution in [2.24, 2.45) is 0 Å². The van der Waals surface area contributed by atoms with Gasteiger partial charge in [0.2, 0.25) is 0 Å². The van der Waals surface area contributed by atoms with Gasteiger partial charge in [0.05, 0.1) is 11.1 Å². The lowest BCUT2D eigenvalue weighted by Crippen LogP contribution is -2.10. The third-order valence-corrected chi connectivity index (χ3v) is 3.66. The molecule has 1 aromatic carbocycles. The Balaban J connectivity index is 2.20. The Morgan fingerprint density at radius 1 is 1.17 bits per heavy atom. The van der Waals surface area contributed by atoms with Crippen LogP contribution in [0.15, 0.2) is 35.4 Å². The fourth-order valence-electron chi connectivity index (χ4n) is 2.28. The van der Waals surface area contributed by atoms with Crippen LogP contribution in [0.25, 0.3) is 0 Å². The second-order valence-corrected chi connectivity index (χ2v) is 5.40. The van der Waals surface area contributed by atoms with Crippen LogP contribution in [0, 0.1) is 11.8 Å². The number of hydrogen-bond donors (Lipinski definition) is 0. The second kappa shape index (κ2) is 6.91. The summed E-state index contributed by atoms with van der Waals surface area (Å²) in [4.78, 5) is 11.7. The van der Waals surface area contributed by atoms with Gasteiger partial charge in [0, 0.05) is 11.1 Å². The highest BCUT2D eigenvalue weighted by molar-refractivity contribution is 5.93. The third-order valence-electron chi connectivity index (χ3n) is 3.66. The molecule has 0 radical (unpaired) electrons. The Morgan fingerprint density at radius 3 is 2.39 bits per heavy atom. The number of benzene rings is 1. The maximum absolute atomic E-state index is 12.5. The zero-order valence-electron chi connectivity index (χ0n) is 13.0. The summed E-state index contributed by atoms with van der Waals surface area (Å²) in [5, 5.41) is 0. The summed E-state index contributed by atoms with van der Waals surface area (Å²) in [6, 6.07) is 4.64. The number of cyclic esters (lactones) is 1. The number of esters is 1. The molecule has 1 aliphatic heterocycles. The van der Waals surface area contributed by atoms with E-state index in [-0.39, 0.29) is 12.1 Å². The molecule has 0 aliphatic carbocycles. The highest BCUT2D eigenvalue weighted by Gasteiger charge is 2.30. The zero-order chi connectivity index (χ0) is 17.0. The fourth-order valence-corrected chi connectivity index (χ4v) is 2.28. The highest BCUT2D eigenvalue weighted by atomic mass is 19.4. The molecule has 0 saturated heterocycles. The van der Waals surface area contributed by atoms with Gasteiger partial charge in [-0.2, -0.15) is 13.2 Å². The molecule has 2 rings (SSSR count). The molecular weight excluding hydrogens is 305 g/mol. The van der Waals surface area contributed by atoms with Gasteiger partial charge in [-0.3, -0.25) is 0 Å². The molecule has 1 atom stereocenters. The highest BCUT2D eigenvalue weighted by Crippen LogP contribution is 2.29. The van der Waals surface area contributed by atoms with E-state index in [0.717, 1.165) is 25.0 Å². The molecular formula is C18H17F3O2. The molecule has 1 unspecified atom stereocenters. The standard InChI is InChI=1S/C18H17F3O2/c1-3-4-5-16-15(12(2)17(22)23-16)11-8-13-6-9-14(10-7-13)18(19,20)21/h6-7,9-10,16H,3-5H2,1-2H3. The predicted octanol–water partition coefficient (Wildman–Crippen LogP) is 4.49. The van der Waals surface area contributed by atoms with Gasteiger partial charge in [-0.05, 0) is 44.0 Å². The first-order chi connectivity index (χ1) is 10.8. The molecule has 1 heterocycles. The third kappa shape index (κ3) is 4.16. The smallest absolute Gasteiger partial charge is 0.416 e. The molecule has 0 amide bonds. The number of hydrogen-bond acceptors (Lipinski definition) is 2. The Hall–Kier alpha value is -2.22. The maximum atomic E-state index is 12.5. The van der Waals surface area contributed by atoms with Crippen LogP contribution in [0.1, 0.15) is 44.2 Å². The molecule has 0 saturated carbocycles. The summed E-state index contributed by atoms with van der Waals surface area (Å²) in [5.41, 5.74) is 0.861. The van der Waals surface area contributed by atoms with Crippen molar-refractivity contribution < 1.29 is 22.7 Å². The van der Waals surface area contributed by atoms with Crippen LogP contribution in [0.5, 0.6) is 0 Å². The number of rotatable bonds is 3. The summed E-state index contributed by atoms with van der Waals surface area (Å²) < 4.78 is 42.8. The van der Waals surface area contributed by atoms with Crippen LogP contribution in [0.4, 0.5) is 13.2 Å². The lowest BCUT2D eigenvalue weighted by molar-refractivity contribution is -0.140. The Morgan fingerprint density at radius 2 is 1.83 bits per heavy atom. The summed E-state index contributed by atoms with van der Waals surface area (Å²) in [7, 11) is 0. The maximum Gasteiger partial charge on any atom is 0.416 e. The van der Waals surface area contributed by atoms with E-state index in [4.69, 9.17) is 4.74 Å². The lowest BCUT2D eigenvalue weighted by atomic mass is 10.0. The van der Waals surface area contributed by atoms with Gasteiger partial charge in [0.15, 0.2) is 0 Å². The molecule has 122 valence electrons. The van der Waals surface area contributed by atoms with E-state index in [1.807, 2.05) is 6.92 Å². The number of carbonyl (C=O) groups excluding carboxylic acids is 1. The summed E-state index contributed by atoms with van der Waals surface area (Å²) in [5.74, 6) is 5.34. The zero-order valence-corrected chi connectivity index (χ0v) is 13.0. The van der Waals surface area contributed by atoms with Gasteiger partial charge in [0.25, 0.3) is 0 Å². The van der Waals surface area contributed by atoms with Crippen LogP contribution >= 0.6 is 0 Å². The van der Waals surface area contributed by atoms with Crippen molar-refractivity contribution in [1.82, 2.24) is 0 Å². The average molecular weight is 322 g/mol. The minimum atomic E-state index is -4.36. The Labute approximate surface area is 133 Å². The molecule has 0 spiro atoms. The number of unbranched alkanes of at least 4 members (excludes halogenated alkanes) is 1. The average Bonchev–Trinajstić information content (AvgIpc) is 2.77. The van der Waals surface area contributed by atoms with E-state index in [0.29, 0.717) is 23.1 Å². The first-order valence-electron chi connectivity index (χ1n) is 7.44. The van der Waals surface area contributed by atoms with Gasteiger partial charge in [0.1, 0.15) is 6.10 Å². The lowest BCUT2D eigenvalue weighted by Gasteiger charge is -2.09. The molecule has 5 heteroatoms. The predicted molar refractivity (Wildman–Crippen MR) is 80.4 cm³/mol. The molecule has 1 aromatic rings. The molecule has 0 fully saturated rings. The van der Waals surface area contributed by atoms with Gasteiger partial charge in [-0.25, -0.2) is 4.79 Å². The Bertz CT molecular complexity index is 673. The molecule has 0 bridgehead atoms. The monoisotopic (exact) mass is 322 g/mol. The largest absolute Gasteiger partial charge is 0.453 e.